The van der Waals surface area contributed by atoms with E-state index < -0.39 is 0 Å². The second-order valence-electron chi connectivity index (χ2n) is 8.44. The number of nitrogens with zero attached hydrogens (tertiary/aromatic N) is 3. The van der Waals surface area contributed by atoms with Gasteiger partial charge in [-0.3, -0.25) is 0 Å². The molecule has 2 aromatic rings. The smallest absolute Gasteiger partial charge is 0.212 e. The molecule has 5 rings (SSSR count). The Balaban J connectivity index is 1.36. The van der Waals surface area contributed by atoms with Gasteiger partial charge in [-0.2, -0.15) is 0 Å². The molecule has 0 amide bonds. The molecule has 156 valence electrons. The van der Waals surface area contributed by atoms with E-state index >= 15 is 0 Å². The van der Waals surface area contributed by atoms with Crippen LogP contribution in [-0.2, 0) is 15.9 Å². The van der Waals surface area contributed by atoms with Gasteiger partial charge in [0.25, 0.3) is 0 Å². The summed E-state index contributed by atoms with van der Waals surface area (Å²) in [6.07, 6.45) is 5.56. The first-order chi connectivity index (χ1) is 14.7. The minimum atomic E-state index is 0.212. The van der Waals surface area contributed by atoms with E-state index in [9.17, 15) is 0 Å². The SMILES string of the molecule is CN(C)c1ccc(-c2ccc3c(c2)CCN2CN=C(OCC4CCCO4)C=C32)cc1. The molecule has 1 unspecified atom stereocenters. The van der Waals surface area contributed by atoms with Gasteiger partial charge in [0.15, 0.2) is 0 Å². The molecule has 0 bridgehead atoms. The molecule has 3 aliphatic heterocycles. The Morgan fingerprint density at radius 3 is 2.73 bits per heavy atom. The summed E-state index contributed by atoms with van der Waals surface area (Å²) in [4.78, 5) is 9.09. The minimum Gasteiger partial charge on any atom is -0.475 e. The van der Waals surface area contributed by atoms with Crippen molar-refractivity contribution in [2.75, 3.05) is 45.4 Å². The van der Waals surface area contributed by atoms with Crippen LogP contribution in [0.25, 0.3) is 16.8 Å². The van der Waals surface area contributed by atoms with Gasteiger partial charge in [-0.25, -0.2) is 4.99 Å². The van der Waals surface area contributed by atoms with Crippen LogP contribution < -0.4 is 4.90 Å². The maximum atomic E-state index is 5.97. The Morgan fingerprint density at radius 2 is 1.97 bits per heavy atom. The molecule has 3 aliphatic rings. The number of fused-ring (bicyclic) bond motifs is 3. The molecule has 1 atom stereocenters. The van der Waals surface area contributed by atoms with Crippen LogP contribution in [0.5, 0.6) is 0 Å². The number of ether oxygens (including phenoxy) is 2. The van der Waals surface area contributed by atoms with Crippen LogP contribution in [0.2, 0.25) is 0 Å². The lowest BCUT2D eigenvalue weighted by atomic mass is 9.92. The van der Waals surface area contributed by atoms with Gasteiger partial charge >= 0.3 is 0 Å². The summed E-state index contributed by atoms with van der Waals surface area (Å²) in [5.41, 5.74) is 7.66. The number of hydrogen-bond donors (Lipinski definition) is 0. The Kier molecular flexibility index (Phi) is 5.21. The average Bonchev–Trinajstić information content (AvgIpc) is 3.31. The van der Waals surface area contributed by atoms with Crippen molar-refractivity contribution in [1.29, 1.82) is 0 Å². The maximum absolute atomic E-state index is 5.97. The van der Waals surface area contributed by atoms with E-state index in [2.05, 4.69) is 77.4 Å². The third-order valence-electron chi connectivity index (χ3n) is 6.19. The summed E-state index contributed by atoms with van der Waals surface area (Å²) in [5.74, 6) is 0.730. The lowest BCUT2D eigenvalue weighted by molar-refractivity contribution is 0.0639. The highest BCUT2D eigenvalue weighted by atomic mass is 16.5. The maximum Gasteiger partial charge on any atom is 0.212 e. The fraction of sp³-hybridized carbons (Fsp3) is 0.400. The summed E-state index contributed by atoms with van der Waals surface area (Å²) >= 11 is 0. The number of rotatable bonds is 4. The van der Waals surface area contributed by atoms with Gasteiger partial charge in [0.1, 0.15) is 13.3 Å². The van der Waals surface area contributed by atoms with Crippen molar-refractivity contribution < 1.29 is 9.47 Å². The van der Waals surface area contributed by atoms with Crippen molar-refractivity contribution in [2.24, 2.45) is 4.99 Å². The van der Waals surface area contributed by atoms with E-state index in [0.717, 1.165) is 38.3 Å². The van der Waals surface area contributed by atoms with Crippen LogP contribution in [0.4, 0.5) is 5.69 Å². The predicted octanol–water partition coefficient (Wildman–Crippen LogP) is 4.18. The minimum absolute atomic E-state index is 0.212. The van der Waals surface area contributed by atoms with Gasteiger partial charge in [0.05, 0.1) is 11.8 Å². The highest BCUT2D eigenvalue weighted by Crippen LogP contribution is 2.34. The van der Waals surface area contributed by atoms with E-state index in [1.54, 1.807) is 0 Å². The van der Waals surface area contributed by atoms with Gasteiger partial charge in [-0.1, -0.05) is 30.3 Å². The zero-order chi connectivity index (χ0) is 20.5. The molecule has 1 saturated heterocycles. The molecule has 1 fully saturated rings. The van der Waals surface area contributed by atoms with Crippen LogP contribution in [-0.4, -0.2) is 57.4 Å². The van der Waals surface area contributed by atoms with Gasteiger partial charge in [0.2, 0.25) is 5.90 Å². The lowest BCUT2D eigenvalue weighted by Gasteiger charge is -2.34. The first-order valence-electron chi connectivity index (χ1n) is 10.8. The second-order valence-corrected chi connectivity index (χ2v) is 8.44. The van der Waals surface area contributed by atoms with E-state index in [1.165, 1.54) is 33.6 Å². The van der Waals surface area contributed by atoms with Crippen LogP contribution in [0.1, 0.15) is 24.0 Å². The van der Waals surface area contributed by atoms with Gasteiger partial charge in [0, 0.05) is 44.6 Å². The third kappa shape index (κ3) is 3.82. The predicted molar refractivity (Wildman–Crippen MR) is 122 cm³/mol. The summed E-state index contributed by atoms with van der Waals surface area (Å²) in [6.45, 7) is 3.10. The molecule has 0 N–H and O–H groups in total. The molecule has 3 heterocycles. The monoisotopic (exact) mass is 403 g/mol. The van der Waals surface area contributed by atoms with Crippen molar-refractivity contribution in [2.45, 2.75) is 25.4 Å². The van der Waals surface area contributed by atoms with Gasteiger partial charge in [-0.15, -0.1) is 0 Å². The summed E-state index contributed by atoms with van der Waals surface area (Å²) in [7, 11) is 4.14. The highest BCUT2D eigenvalue weighted by molar-refractivity contribution is 5.97. The fourth-order valence-corrected chi connectivity index (χ4v) is 4.40. The van der Waals surface area contributed by atoms with Crippen LogP contribution in [0, 0.1) is 0 Å². The lowest BCUT2D eigenvalue weighted by Crippen LogP contribution is -2.33. The molecular weight excluding hydrogens is 374 g/mol. The number of aliphatic imine (C=N–C) groups is 1. The van der Waals surface area contributed by atoms with Crippen molar-refractivity contribution in [3.8, 4) is 11.1 Å². The molecule has 0 radical (unpaired) electrons. The molecule has 0 aliphatic carbocycles. The van der Waals surface area contributed by atoms with Gasteiger partial charge < -0.3 is 19.3 Å². The van der Waals surface area contributed by atoms with E-state index in [0.29, 0.717) is 13.3 Å². The zero-order valence-corrected chi connectivity index (χ0v) is 17.8. The van der Waals surface area contributed by atoms with Crippen LogP contribution in [0.3, 0.4) is 0 Å². The van der Waals surface area contributed by atoms with Crippen molar-refractivity contribution in [3.63, 3.8) is 0 Å². The Bertz CT molecular complexity index is 972. The molecule has 0 spiro atoms. The van der Waals surface area contributed by atoms with Crippen molar-refractivity contribution in [1.82, 2.24) is 4.90 Å². The fourth-order valence-electron chi connectivity index (χ4n) is 4.40. The molecule has 5 heteroatoms. The largest absolute Gasteiger partial charge is 0.475 e. The molecular formula is C25H29N3O2. The van der Waals surface area contributed by atoms with Crippen LogP contribution >= 0.6 is 0 Å². The zero-order valence-electron chi connectivity index (χ0n) is 17.8. The Morgan fingerprint density at radius 1 is 1.13 bits per heavy atom. The summed E-state index contributed by atoms with van der Waals surface area (Å²) in [5, 5.41) is 0. The first kappa shape index (κ1) is 19.2. The standard InChI is InChI=1S/C25H29N3O2/c1-27(2)21-8-5-18(6-9-21)19-7-10-23-20(14-19)11-12-28-17-26-25(15-24(23)28)30-16-22-4-3-13-29-22/h5-10,14-15,22H,3-4,11-13,16-17H2,1-2H3. The summed E-state index contributed by atoms with van der Waals surface area (Å²) < 4.78 is 11.6. The summed E-state index contributed by atoms with van der Waals surface area (Å²) in [6, 6.07) is 15.6. The molecule has 30 heavy (non-hydrogen) atoms. The van der Waals surface area contributed by atoms with E-state index in [-0.39, 0.29) is 6.10 Å². The molecule has 0 aromatic heterocycles. The second kappa shape index (κ2) is 8.15. The molecule has 0 saturated carbocycles. The quantitative estimate of drug-likeness (QED) is 0.767. The third-order valence-corrected chi connectivity index (χ3v) is 6.19. The van der Waals surface area contributed by atoms with Gasteiger partial charge in [-0.05, 0) is 48.1 Å². The average molecular weight is 404 g/mol. The van der Waals surface area contributed by atoms with Crippen LogP contribution in [0.15, 0.2) is 53.5 Å². The topological polar surface area (TPSA) is 37.3 Å². The van der Waals surface area contributed by atoms with Crippen molar-refractivity contribution >= 4 is 17.3 Å². The molecule has 2 aromatic carbocycles. The number of hydrogen-bond acceptors (Lipinski definition) is 5. The highest BCUT2D eigenvalue weighted by Gasteiger charge is 2.25. The number of anilines is 1. The van der Waals surface area contributed by atoms with E-state index in [1.807, 2.05) is 0 Å². The van der Waals surface area contributed by atoms with E-state index in [4.69, 9.17) is 9.47 Å². The Labute approximate surface area is 178 Å². The Hall–Kier alpha value is -2.79. The van der Waals surface area contributed by atoms with Crippen molar-refractivity contribution in [3.05, 3.63) is 59.7 Å². The first-order valence-corrected chi connectivity index (χ1v) is 10.8. The number of benzene rings is 2. The normalized spacial score (nSPS) is 20.2. The molecule has 5 nitrogen and oxygen atoms in total.